The van der Waals surface area contributed by atoms with Gasteiger partial charge in [0.25, 0.3) is 0 Å². The van der Waals surface area contributed by atoms with Crippen LogP contribution in [0.3, 0.4) is 0 Å². The molecule has 0 atom stereocenters. The molecule has 0 saturated carbocycles. The molecule has 9 heteroatoms. The Hall–Kier alpha value is -1.80. The van der Waals surface area contributed by atoms with E-state index in [2.05, 4.69) is 20.5 Å². The topological polar surface area (TPSA) is 69.7 Å². The summed E-state index contributed by atoms with van der Waals surface area (Å²) in [5, 5.41) is 16.1. The molecule has 28 heavy (non-hydrogen) atoms. The molecule has 2 heterocycles. The number of aromatic hydroxyl groups is 1. The van der Waals surface area contributed by atoms with Crippen LogP contribution in [-0.2, 0) is 0 Å². The Balaban J connectivity index is 1.80. The highest BCUT2D eigenvalue weighted by Gasteiger charge is 2.21. The van der Waals surface area contributed by atoms with Gasteiger partial charge in [-0.15, -0.1) is 0 Å². The fourth-order valence-electron chi connectivity index (χ4n) is 2.95. The average Bonchev–Trinajstić information content (AvgIpc) is 3.17. The number of pyridine rings is 1. The molecule has 0 spiro atoms. The van der Waals surface area contributed by atoms with Crippen molar-refractivity contribution in [3.05, 3.63) is 39.8 Å². The second kappa shape index (κ2) is 9.13. The van der Waals surface area contributed by atoms with Gasteiger partial charge < -0.3 is 20.5 Å². The molecule has 1 fully saturated rings. The van der Waals surface area contributed by atoms with Crippen LogP contribution in [0.5, 0.6) is 17.2 Å². The summed E-state index contributed by atoms with van der Waals surface area (Å²) in [6.07, 6.45) is 0. The maximum absolute atomic E-state index is 14.2. The van der Waals surface area contributed by atoms with Crippen molar-refractivity contribution in [2.45, 2.75) is 19.8 Å². The summed E-state index contributed by atoms with van der Waals surface area (Å²) < 4.78 is 20.0. The van der Waals surface area contributed by atoms with Crippen molar-refractivity contribution < 1.29 is 14.2 Å². The van der Waals surface area contributed by atoms with Crippen LogP contribution in [0.15, 0.2) is 18.2 Å². The highest BCUT2D eigenvalue weighted by atomic mass is 35.5. The maximum atomic E-state index is 14.2. The summed E-state index contributed by atoms with van der Waals surface area (Å²) in [6.45, 7) is 7.95. The quantitative estimate of drug-likeness (QED) is 0.566. The number of phenolic OH excluding ortho intramolecular Hbond substituents is 1. The van der Waals surface area contributed by atoms with E-state index in [1.165, 1.54) is 6.07 Å². The van der Waals surface area contributed by atoms with E-state index in [0.717, 1.165) is 26.3 Å². The average molecular weight is 429 g/mol. The molecule has 3 rings (SSSR count). The highest BCUT2D eigenvalue weighted by molar-refractivity contribution is 6.38. The van der Waals surface area contributed by atoms with Crippen molar-refractivity contribution in [3.63, 3.8) is 0 Å². The zero-order valence-electron chi connectivity index (χ0n) is 15.7. The van der Waals surface area contributed by atoms with Crippen LogP contribution in [-0.4, -0.2) is 47.8 Å². The van der Waals surface area contributed by atoms with Crippen LogP contribution in [0, 0.1) is 5.95 Å². The van der Waals surface area contributed by atoms with Crippen LogP contribution < -0.4 is 15.4 Å². The summed E-state index contributed by atoms with van der Waals surface area (Å²) in [7, 11) is 0. The number of ether oxygens (including phenoxy) is 1. The number of rotatable bonds is 7. The smallest absolute Gasteiger partial charge is 0.237 e. The van der Waals surface area contributed by atoms with E-state index < -0.39 is 5.95 Å². The summed E-state index contributed by atoms with van der Waals surface area (Å²) in [4.78, 5) is 6.02. The Labute approximate surface area is 173 Å². The predicted octanol–water partition coefficient (Wildman–Crippen LogP) is 4.42. The Bertz CT molecular complexity index is 845. The number of nitrogens with zero attached hydrogens (tertiary/aromatic N) is 2. The van der Waals surface area contributed by atoms with Crippen LogP contribution >= 0.6 is 23.2 Å². The number of halogens is 3. The second-order valence-electron chi connectivity index (χ2n) is 6.89. The Kier molecular flexibility index (Phi) is 6.82. The molecular formula is C19H23Cl2FN4O2. The molecule has 2 aromatic rings. The van der Waals surface area contributed by atoms with Crippen molar-refractivity contribution >= 4 is 29.0 Å². The molecule has 1 aliphatic heterocycles. The minimum absolute atomic E-state index is 0.0124. The number of nitrogens with one attached hydrogen (secondary N) is 2. The van der Waals surface area contributed by atoms with Gasteiger partial charge in [0.1, 0.15) is 21.5 Å². The third-order valence-electron chi connectivity index (χ3n) is 4.50. The fourth-order valence-corrected chi connectivity index (χ4v) is 3.42. The van der Waals surface area contributed by atoms with Gasteiger partial charge in [-0.3, -0.25) is 4.90 Å². The summed E-state index contributed by atoms with van der Waals surface area (Å²) in [5.74, 6) is -0.0606. The molecule has 0 unspecified atom stereocenters. The number of aromatic nitrogens is 1. The molecule has 0 bridgehead atoms. The van der Waals surface area contributed by atoms with Gasteiger partial charge in [0.2, 0.25) is 5.95 Å². The number of phenols is 1. The van der Waals surface area contributed by atoms with E-state index in [0.29, 0.717) is 17.9 Å². The molecule has 1 aliphatic rings. The van der Waals surface area contributed by atoms with Crippen molar-refractivity contribution in [1.82, 2.24) is 15.2 Å². The Morgan fingerprint density at radius 3 is 2.82 bits per heavy atom. The van der Waals surface area contributed by atoms with Crippen molar-refractivity contribution in [2.75, 3.05) is 38.2 Å². The van der Waals surface area contributed by atoms with E-state index in [4.69, 9.17) is 27.9 Å². The van der Waals surface area contributed by atoms with E-state index in [1.807, 2.05) is 13.8 Å². The number of hydrogen-bond donors (Lipinski definition) is 3. The summed E-state index contributed by atoms with van der Waals surface area (Å²) >= 11 is 12.4. The van der Waals surface area contributed by atoms with E-state index >= 15 is 0 Å². The van der Waals surface area contributed by atoms with Crippen molar-refractivity contribution in [3.8, 4) is 17.2 Å². The van der Waals surface area contributed by atoms with Crippen molar-refractivity contribution in [1.29, 1.82) is 0 Å². The van der Waals surface area contributed by atoms with Gasteiger partial charge >= 0.3 is 0 Å². The van der Waals surface area contributed by atoms with Gasteiger partial charge in [-0.25, -0.2) is 0 Å². The molecular weight excluding hydrogens is 406 g/mol. The van der Waals surface area contributed by atoms with Gasteiger partial charge in [-0.05, 0) is 24.1 Å². The van der Waals surface area contributed by atoms with E-state index in [-0.39, 0.29) is 33.3 Å². The normalized spacial score (nSPS) is 14.6. The number of hydrogen-bond acceptors (Lipinski definition) is 6. The summed E-state index contributed by atoms with van der Waals surface area (Å²) in [6, 6.07) is 4.77. The standard InChI is InChI=1S/C19H23Cl2FN4O2/c1-11(2)13-9-12(3-4-14(13)27)28-17-15(20)18(22)25-19(16(17)21)24-6-8-26-7-5-23-10-26/h3-4,9,11,23,27H,5-8,10H2,1-2H3,(H,24,25). The van der Waals surface area contributed by atoms with Crippen LogP contribution in [0.1, 0.15) is 25.3 Å². The molecule has 152 valence electrons. The third kappa shape index (κ3) is 4.78. The molecule has 1 aromatic heterocycles. The van der Waals surface area contributed by atoms with Gasteiger partial charge in [0, 0.05) is 38.4 Å². The van der Waals surface area contributed by atoms with E-state index in [1.54, 1.807) is 12.1 Å². The van der Waals surface area contributed by atoms with Crippen molar-refractivity contribution in [2.24, 2.45) is 0 Å². The lowest BCUT2D eigenvalue weighted by molar-refractivity contribution is 0.348. The van der Waals surface area contributed by atoms with E-state index in [9.17, 15) is 9.50 Å². The molecule has 0 amide bonds. The van der Waals surface area contributed by atoms with Crippen LogP contribution in [0.4, 0.5) is 10.2 Å². The lowest BCUT2D eigenvalue weighted by Crippen LogP contribution is -2.28. The molecule has 1 aromatic carbocycles. The second-order valence-corrected chi connectivity index (χ2v) is 7.64. The number of anilines is 1. The molecule has 0 aliphatic carbocycles. The van der Waals surface area contributed by atoms with Crippen LogP contribution in [0.2, 0.25) is 10.0 Å². The zero-order chi connectivity index (χ0) is 20.3. The fraction of sp³-hybridized carbons (Fsp3) is 0.421. The lowest BCUT2D eigenvalue weighted by atomic mass is 10.0. The first-order chi connectivity index (χ1) is 13.4. The largest absolute Gasteiger partial charge is 0.508 e. The zero-order valence-corrected chi connectivity index (χ0v) is 17.2. The molecule has 0 radical (unpaired) electrons. The van der Waals surface area contributed by atoms with Gasteiger partial charge in [-0.2, -0.15) is 9.37 Å². The maximum Gasteiger partial charge on any atom is 0.237 e. The first kappa shape index (κ1) is 20.9. The molecule has 3 N–H and O–H groups in total. The first-order valence-electron chi connectivity index (χ1n) is 9.09. The van der Waals surface area contributed by atoms with Gasteiger partial charge in [-0.1, -0.05) is 37.0 Å². The molecule has 6 nitrogen and oxygen atoms in total. The third-order valence-corrected chi connectivity index (χ3v) is 5.18. The van der Waals surface area contributed by atoms with Crippen LogP contribution in [0.25, 0.3) is 0 Å². The monoisotopic (exact) mass is 428 g/mol. The SMILES string of the molecule is CC(C)c1cc(Oc2c(Cl)c(F)nc(NCCN3CCNC3)c2Cl)ccc1O. The Morgan fingerprint density at radius 1 is 1.36 bits per heavy atom. The predicted molar refractivity (Wildman–Crippen MR) is 109 cm³/mol. The summed E-state index contributed by atoms with van der Waals surface area (Å²) in [5.41, 5.74) is 0.705. The lowest BCUT2D eigenvalue weighted by Gasteiger charge is -2.17. The highest BCUT2D eigenvalue weighted by Crippen LogP contribution is 2.42. The van der Waals surface area contributed by atoms with Gasteiger partial charge in [0.15, 0.2) is 11.6 Å². The minimum Gasteiger partial charge on any atom is -0.508 e. The minimum atomic E-state index is -0.866. The number of benzene rings is 1. The Morgan fingerprint density at radius 2 is 2.14 bits per heavy atom. The van der Waals surface area contributed by atoms with Gasteiger partial charge in [0.05, 0.1) is 0 Å². The molecule has 1 saturated heterocycles. The first-order valence-corrected chi connectivity index (χ1v) is 9.84.